The molecular weight excluding hydrogens is 759 g/mol. The number of anilines is 3. The molecule has 0 saturated heterocycles. The van der Waals surface area contributed by atoms with Gasteiger partial charge in [0.25, 0.3) is 0 Å². The molecule has 0 saturated carbocycles. The maximum Gasteiger partial charge on any atom is 0.0719 e. The standard InChI is InChI=1S/C62H49N/c1-40-36-47(44-28-26-43(27-29-44)42-16-6-5-7-17-42)37-41(2)60(40)63(48-32-34-52-50-20-10-14-24-56(50)61(3,4)58(52)38-48)49-33-35-53-51-21-11-15-25-57(51)62(59(53)39-49)54-22-12-8-18-45(54)30-31-46-19-9-13-23-55(46)62/h5-29,32-39H,30-31H2,1-4H3. The van der Waals surface area contributed by atoms with Gasteiger partial charge < -0.3 is 4.90 Å². The largest absolute Gasteiger partial charge is 0.310 e. The summed E-state index contributed by atoms with van der Waals surface area (Å²) in [4.78, 5) is 2.57. The normalized spacial score (nSPS) is 14.5. The van der Waals surface area contributed by atoms with E-state index in [1.165, 1.54) is 117 Å². The highest BCUT2D eigenvalue weighted by molar-refractivity contribution is 5.92. The van der Waals surface area contributed by atoms with Gasteiger partial charge in [-0.2, -0.15) is 0 Å². The Morgan fingerprint density at radius 3 is 1.38 bits per heavy atom. The van der Waals surface area contributed by atoms with E-state index in [0.29, 0.717) is 0 Å². The number of nitrogens with zero attached hydrogens (tertiary/aromatic N) is 1. The number of benzene rings is 9. The van der Waals surface area contributed by atoms with E-state index in [1.807, 2.05) is 0 Å². The second kappa shape index (κ2) is 14.2. The maximum absolute atomic E-state index is 2.57. The molecule has 1 spiro atoms. The summed E-state index contributed by atoms with van der Waals surface area (Å²) in [6, 6.07) is 75.7. The summed E-state index contributed by atoms with van der Waals surface area (Å²) >= 11 is 0. The molecule has 0 fully saturated rings. The summed E-state index contributed by atoms with van der Waals surface area (Å²) in [6.45, 7) is 9.37. The Bertz CT molecular complexity index is 3200. The van der Waals surface area contributed by atoms with E-state index in [1.54, 1.807) is 0 Å². The van der Waals surface area contributed by atoms with Crippen LogP contribution in [0.2, 0.25) is 0 Å². The molecule has 0 amide bonds. The minimum atomic E-state index is -0.460. The fourth-order valence-corrected chi connectivity index (χ4v) is 11.8. The minimum Gasteiger partial charge on any atom is -0.310 e. The van der Waals surface area contributed by atoms with Crippen molar-refractivity contribution in [2.24, 2.45) is 0 Å². The van der Waals surface area contributed by atoms with Crippen molar-refractivity contribution in [2.75, 3.05) is 4.90 Å². The van der Waals surface area contributed by atoms with Crippen molar-refractivity contribution in [3.63, 3.8) is 0 Å². The SMILES string of the molecule is Cc1cc(-c2ccc(-c3ccccc3)cc2)cc(C)c1N(c1ccc2c(c1)C(C)(C)c1ccccc1-2)c1ccc2c(c1)C1(c3ccccc3CCc3ccccc31)c1ccccc1-2. The molecule has 0 atom stereocenters. The fraction of sp³-hybridized carbons (Fsp3) is 0.129. The van der Waals surface area contributed by atoms with Crippen LogP contribution < -0.4 is 4.90 Å². The van der Waals surface area contributed by atoms with Gasteiger partial charge in [-0.05, 0) is 163 Å². The lowest BCUT2D eigenvalue weighted by molar-refractivity contribution is 0.660. The predicted molar refractivity (Wildman–Crippen MR) is 264 cm³/mol. The van der Waals surface area contributed by atoms with Crippen molar-refractivity contribution in [1.82, 2.24) is 0 Å². The highest BCUT2D eigenvalue weighted by Gasteiger charge is 2.49. The van der Waals surface area contributed by atoms with Crippen LogP contribution in [0, 0.1) is 13.8 Å². The average Bonchev–Trinajstić information content (AvgIpc) is 3.67. The van der Waals surface area contributed by atoms with E-state index in [2.05, 4.69) is 233 Å². The molecule has 0 bridgehead atoms. The molecule has 9 aromatic carbocycles. The Balaban J connectivity index is 1.09. The quantitative estimate of drug-likeness (QED) is 0.167. The van der Waals surface area contributed by atoms with E-state index in [0.717, 1.165) is 12.8 Å². The molecule has 63 heavy (non-hydrogen) atoms. The first-order valence-corrected chi connectivity index (χ1v) is 22.6. The van der Waals surface area contributed by atoms with E-state index in [4.69, 9.17) is 0 Å². The Kier molecular flexibility index (Phi) is 8.44. The van der Waals surface area contributed by atoms with Gasteiger partial charge in [0.1, 0.15) is 0 Å². The van der Waals surface area contributed by atoms with Crippen molar-refractivity contribution < 1.29 is 0 Å². The number of rotatable bonds is 5. The maximum atomic E-state index is 2.57. The van der Waals surface area contributed by atoms with Crippen LogP contribution in [-0.4, -0.2) is 0 Å². The van der Waals surface area contributed by atoms with Crippen LogP contribution in [0.1, 0.15) is 69.5 Å². The van der Waals surface area contributed by atoms with E-state index >= 15 is 0 Å². The summed E-state index contributed by atoms with van der Waals surface area (Å²) in [6.07, 6.45) is 2.04. The molecule has 3 aliphatic carbocycles. The van der Waals surface area contributed by atoms with E-state index in [-0.39, 0.29) is 5.41 Å². The number of aryl methyl sites for hydroxylation is 4. The zero-order valence-corrected chi connectivity index (χ0v) is 36.4. The van der Waals surface area contributed by atoms with E-state index < -0.39 is 5.41 Å². The molecule has 12 rings (SSSR count). The molecule has 0 N–H and O–H groups in total. The lowest BCUT2D eigenvalue weighted by Gasteiger charge is -2.36. The van der Waals surface area contributed by atoms with Crippen molar-refractivity contribution >= 4 is 17.1 Å². The van der Waals surface area contributed by atoms with Crippen LogP contribution in [0.4, 0.5) is 17.1 Å². The minimum absolute atomic E-state index is 0.134. The Morgan fingerprint density at radius 1 is 0.349 bits per heavy atom. The van der Waals surface area contributed by atoms with Gasteiger partial charge in [-0.1, -0.05) is 178 Å². The van der Waals surface area contributed by atoms with Crippen molar-refractivity contribution in [1.29, 1.82) is 0 Å². The summed E-state index contributed by atoms with van der Waals surface area (Å²) < 4.78 is 0. The highest BCUT2D eigenvalue weighted by Crippen LogP contribution is 2.60. The van der Waals surface area contributed by atoms with Crippen LogP contribution >= 0.6 is 0 Å². The van der Waals surface area contributed by atoms with Gasteiger partial charge in [0.15, 0.2) is 0 Å². The molecule has 1 heteroatoms. The molecular formula is C62H49N. The van der Waals surface area contributed by atoms with Gasteiger partial charge in [-0.25, -0.2) is 0 Å². The molecule has 3 aliphatic rings. The zero-order valence-electron chi connectivity index (χ0n) is 36.4. The highest BCUT2D eigenvalue weighted by atomic mass is 15.1. The third kappa shape index (κ3) is 5.55. The average molecular weight is 808 g/mol. The molecule has 0 aromatic heterocycles. The molecule has 302 valence electrons. The van der Waals surface area contributed by atoms with Crippen LogP contribution in [0.25, 0.3) is 44.5 Å². The van der Waals surface area contributed by atoms with Gasteiger partial charge in [-0.3, -0.25) is 0 Å². The predicted octanol–water partition coefficient (Wildman–Crippen LogP) is 15.9. The summed E-state index contributed by atoms with van der Waals surface area (Å²) in [5.41, 5.74) is 26.8. The number of hydrogen-bond acceptors (Lipinski definition) is 1. The molecule has 9 aromatic rings. The Hall–Kier alpha value is -7.22. The Morgan fingerprint density at radius 2 is 0.778 bits per heavy atom. The first-order chi connectivity index (χ1) is 30.8. The fourth-order valence-electron chi connectivity index (χ4n) is 11.8. The topological polar surface area (TPSA) is 3.24 Å². The van der Waals surface area contributed by atoms with Gasteiger partial charge >= 0.3 is 0 Å². The van der Waals surface area contributed by atoms with Crippen molar-refractivity contribution in [2.45, 2.75) is 51.4 Å². The number of hydrogen-bond donors (Lipinski definition) is 0. The van der Waals surface area contributed by atoms with Crippen LogP contribution in [0.5, 0.6) is 0 Å². The molecule has 0 radical (unpaired) electrons. The van der Waals surface area contributed by atoms with Gasteiger partial charge in [0, 0.05) is 16.8 Å². The molecule has 0 unspecified atom stereocenters. The summed E-state index contributed by atoms with van der Waals surface area (Å²) in [5.74, 6) is 0. The zero-order chi connectivity index (χ0) is 42.5. The van der Waals surface area contributed by atoms with Crippen molar-refractivity contribution in [3.8, 4) is 44.5 Å². The second-order valence-electron chi connectivity index (χ2n) is 18.5. The lowest BCUT2D eigenvalue weighted by atomic mass is 9.66. The second-order valence-corrected chi connectivity index (χ2v) is 18.5. The lowest BCUT2D eigenvalue weighted by Crippen LogP contribution is -2.30. The molecule has 1 nitrogen and oxygen atoms in total. The third-order valence-corrected chi connectivity index (χ3v) is 14.7. The summed E-state index contributed by atoms with van der Waals surface area (Å²) in [7, 11) is 0. The third-order valence-electron chi connectivity index (χ3n) is 14.7. The van der Waals surface area contributed by atoms with Gasteiger partial charge in [0.2, 0.25) is 0 Å². The van der Waals surface area contributed by atoms with Gasteiger partial charge in [0.05, 0.1) is 11.1 Å². The van der Waals surface area contributed by atoms with Crippen LogP contribution in [0.3, 0.4) is 0 Å². The first-order valence-electron chi connectivity index (χ1n) is 22.6. The number of fused-ring (bicyclic) bond motifs is 12. The smallest absolute Gasteiger partial charge is 0.0719 e. The molecule has 0 aliphatic heterocycles. The first kappa shape index (κ1) is 37.5. The Labute approximate surface area is 372 Å². The summed E-state index contributed by atoms with van der Waals surface area (Å²) in [5, 5.41) is 0. The van der Waals surface area contributed by atoms with Gasteiger partial charge in [-0.15, -0.1) is 0 Å². The van der Waals surface area contributed by atoms with Crippen LogP contribution in [-0.2, 0) is 23.7 Å². The monoisotopic (exact) mass is 807 g/mol. The van der Waals surface area contributed by atoms with E-state index in [9.17, 15) is 0 Å². The van der Waals surface area contributed by atoms with Crippen LogP contribution in [0.15, 0.2) is 200 Å². The molecule has 0 heterocycles. The van der Waals surface area contributed by atoms with Crippen molar-refractivity contribution in [3.05, 3.63) is 256 Å².